The van der Waals surface area contributed by atoms with Crippen LogP contribution in [-0.2, 0) is 4.79 Å². The van der Waals surface area contributed by atoms with Crippen LogP contribution in [0.1, 0.15) is 0 Å². The van der Waals surface area contributed by atoms with Gasteiger partial charge < -0.3 is 4.42 Å². The van der Waals surface area contributed by atoms with Crippen molar-refractivity contribution in [2.45, 2.75) is 0 Å². The highest BCUT2D eigenvalue weighted by molar-refractivity contribution is 5.68. The summed E-state index contributed by atoms with van der Waals surface area (Å²) in [7, 11) is 0. The molecule has 1 amide bonds. The van der Waals surface area contributed by atoms with Crippen LogP contribution in [-0.4, -0.2) is 16.6 Å². The fourth-order valence-corrected chi connectivity index (χ4v) is 1.06. The van der Waals surface area contributed by atoms with Crippen molar-refractivity contribution in [2.75, 3.05) is 5.01 Å². The molecule has 2 aromatic rings. The van der Waals surface area contributed by atoms with Crippen LogP contribution in [0.15, 0.2) is 34.7 Å². The summed E-state index contributed by atoms with van der Waals surface area (Å²) in [5.74, 6) is 5.58. The zero-order chi connectivity index (χ0) is 10.7. The Hall–Kier alpha value is -2.21. The predicted molar refractivity (Wildman–Crippen MR) is 52.5 cm³/mol. The molecule has 6 heteroatoms. The quantitative estimate of drug-likeness (QED) is 0.342. The van der Waals surface area contributed by atoms with Gasteiger partial charge in [-0.15, -0.1) is 5.10 Å². The first-order chi connectivity index (χ1) is 7.31. The number of nitrogens with two attached hydrogens (primary N) is 1. The molecule has 15 heavy (non-hydrogen) atoms. The van der Waals surface area contributed by atoms with Crippen LogP contribution in [0.4, 0.5) is 6.01 Å². The lowest BCUT2D eigenvalue weighted by atomic mass is 10.2. The smallest absolute Gasteiger partial charge is 0.340 e. The van der Waals surface area contributed by atoms with Crippen LogP contribution in [0, 0.1) is 0 Å². The molecule has 0 fully saturated rings. The van der Waals surface area contributed by atoms with Gasteiger partial charge >= 0.3 is 6.01 Å². The highest BCUT2D eigenvalue weighted by Gasteiger charge is 2.11. The minimum Gasteiger partial charge on any atom is -0.402 e. The van der Waals surface area contributed by atoms with Crippen molar-refractivity contribution < 1.29 is 9.21 Å². The van der Waals surface area contributed by atoms with E-state index in [1.165, 1.54) is 0 Å². The molecule has 0 bridgehead atoms. The molecule has 0 atom stereocenters. The molecule has 2 N–H and O–H groups in total. The van der Waals surface area contributed by atoms with E-state index in [9.17, 15) is 4.79 Å². The van der Waals surface area contributed by atoms with Crippen LogP contribution < -0.4 is 10.9 Å². The average molecular weight is 204 g/mol. The number of amides is 1. The van der Waals surface area contributed by atoms with Gasteiger partial charge in [0.15, 0.2) is 0 Å². The number of hydrogen-bond donors (Lipinski definition) is 1. The molecular formula is C9H8N4O2. The molecule has 0 unspecified atom stereocenters. The fourth-order valence-electron chi connectivity index (χ4n) is 1.06. The zero-order valence-electron chi connectivity index (χ0n) is 7.70. The molecular weight excluding hydrogens is 196 g/mol. The molecule has 0 saturated heterocycles. The van der Waals surface area contributed by atoms with E-state index in [1.807, 2.05) is 30.3 Å². The van der Waals surface area contributed by atoms with Gasteiger partial charge in [-0.2, -0.15) is 5.01 Å². The van der Waals surface area contributed by atoms with Crippen LogP contribution >= 0.6 is 0 Å². The summed E-state index contributed by atoms with van der Waals surface area (Å²) in [6, 6.07) is 9.17. The zero-order valence-corrected chi connectivity index (χ0v) is 7.70. The van der Waals surface area contributed by atoms with Gasteiger partial charge in [0.05, 0.1) is 0 Å². The summed E-state index contributed by atoms with van der Waals surface area (Å²) in [5, 5.41) is 8.10. The fraction of sp³-hybridized carbons (Fsp3) is 0. The van der Waals surface area contributed by atoms with Gasteiger partial charge in [0.25, 0.3) is 0 Å². The van der Waals surface area contributed by atoms with Gasteiger partial charge in [0.1, 0.15) is 0 Å². The molecule has 1 aromatic carbocycles. The maximum atomic E-state index is 10.3. The first kappa shape index (κ1) is 9.35. The standard InChI is InChI=1S/C9H8N4O2/c10-13(6-14)9-12-11-8(15-9)7-4-2-1-3-5-7/h1-6H,10H2. The number of hydrogen-bond acceptors (Lipinski definition) is 5. The molecule has 1 aromatic heterocycles. The van der Waals surface area contributed by atoms with E-state index in [0.29, 0.717) is 12.3 Å². The number of nitrogens with zero attached hydrogens (tertiary/aromatic N) is 3. The van der Waals surface area contributed by atoms with E-state index in [-0.39, 0.29) is 6.01 Å². The second-order valence-corrected chi connectivity index (χ2v) is 2.77. The Morgan fingerprint density at radius 1 is 1.27 bits per heavy atom. The second kappa shape index (κ2) is 3.89. The van der Waals surface area contributed by atoms with Crippen molar-refractivity contribution in [1.29, 1.82) is 0 Å². The van der Waals surface area contributed by atoms with Gasteiger partial charge in [-0.25, -0.2) is 5.84 Å². The molecule has 6 nitrogen and oxygen atoms in total. The van der Waals surface area contributed by atoms with Crippen molar-refractivity contribution >= 4 is 12.4 Å². The predicted octanol–water partition coefficient (Wildman–Crippen LogP) is 0.573. The molecule has 0 saturated carbocycles. The Morgan fingerprint density at radius 2 is 2.00 bits per heavy atom. The number of aromatic nitrogens is 2. The number of hydrazine groups is 1. The minimum atomic E-state index is -0.0381. The summed E-state index contributed by atoms with van der Waals surface area (Å²) in [5.41, 5.74) is 0.774. The molecule has 0 aliphatic rings. The number of anilines is 1. The Balaban J connectivity index is 2.32. The van der Waals surface area contributed by atoms with Gasteiger partial charge in [-0.1, -0.05) is 23.3 Å². The number of benzene rings is 1. The van der Waals surface area contributed by atoms with E-state index in [0.717, 1.165) is 10.6 Å². The summed E-state index contributed by atoms with van der Waals surface area (Å²) in [6.07, 6.45) is 0.391. The topological polar surface area (TPSA) is 85.2 Å². The van der Waals surface area contributed by atoms with Crippen molar-refractivity contribution in [3.8, 4) is 11.5 Å². The molecule has 0 aliphatic heterocycles. The molecule has 2 rings (SSSR count). The number of carbonyl (C=O) groups is 1. The second-order valence-electron chi connectivity index (χ2n) is 2.77. The maximum Gasteiger partial charge on any atom is 0.340 e. The average Bonchev–Trinajstić information content (AvgIpc) is 2.78. The third kappa shape index (κ3) is 1.84. The van der Waals surface area contributed by atoms with E-state index in [1.54, 1.807) is 0 Å². The van der Waals surface area contributed by atoms with Crippen molar-refractivity contribution in [3.63, 3.8) is 0 Å². The van der Waals surface area contributed by atoms with E-state index >= 15 is 0 Å². The van der Waals surface area contributed by atoms with Gasteiger partial charge in [0, 0.05) is 5.56 Å². The third-order valence-electron chi connectivity index (χ3n) is 1.77. The number of carbonyl (C=O) groups excluding carboxylic acids is 1. The first-order valence-corrected chi connectivity index (χ1v) is 4.19. The Labute approximate surface area is 85.3 Å². The van der Waals surface area contributed by atoms with Gasteiger partial charge in [0.2, 0.25) is 12.3 Å². The van der Waals surface area contributed by atoms with Crippen LogP contribution in [0.2, 0.25) is 0 Å². The Bertz CT molecular complexity index is 454. The summed E-state index contributed by atoms with van der Waals surface area (Å²) in [6.45, 7) is 0. The normalized spacial score (nSPS) is 9.93. The largest absolute Gasteiger partial charge is 0.402 e. The SMILES string of the molecule is NN(C=O)c1nnc(-c2ccccc2)o1. The molecule has 0 spiro atoms. The Morgan fingerprint density at radius 3 is 2.67 bits per heavy atom. The third-order valence-corrected chi connectivity index (χ3v) is 1.77. The molecule has 1 heterocycles. The first-order valence-electron chi connectivity index (χ1n) is 4.19. The maximum absolute atomic E-state index is 10.3. The molecule has 0 aliphatic carbocycles. The van der Waals surface area contributed by atoms with Crippen molar-refractivity contribution in [3.05, 3.63) is 30.3 Å². The number of rotatable bonds is 3. The lowest BCUT2D eigenvalue weighted by Gasteiger charge is -2.00. The lowest BCUT2D eigenvalue weighted by Crippen LogP contribution is -2.28. The van der Waals surface area contributed by atoms with Gasteiger partial charge in [-0.05, 0) is 12.1 Å². The van der Waals surface area contributed by atoms with E-state index in [2.05, 4.69) is 10.2 Å². The summed E-state index contributed by atoms with van der Waals surface area (Å²) < 4.78 is 5.17. The highest BCUT2D eigenvalue weighted by Crippen LogP contribution is 2.19. The summed E-state index contributed by atoms with van der Waals surface area (Å²) in [4.78, 5) is 10.3. The van der Waals surface area contributed by atoms with Crippen LogP contribution in [0.25, 0.3) is 11.5 Å². The van der Waals surface area contributed by atoms with E-state index < -0.39 is 0 Å². The molecule has 76 valence electrons. The van der Waals surface area contributed by atoms with Gasteiger partial charge in [-0.3, -0.25) is 4.79 Å². The van der Waals surface area contributed by atoms with Crippen LogP contribution in [0.5, 0.6) is 0 Å². The van der Waals surface area contributed by atoms with Crippen LogP contribution in [0.3, 0.4) is 0 Å². The van der Waals surface area contributed by atoms with Crippen molar-refractivity contribution in [2.24, 2.45) is 5.84 Å². The van der Waals surface area contributed by atoms with E-state index in [4.69, 9.17) is 10.3 Å². The summed E-state index contributed by atoms with van der Waals surface area (Å²) >= 11 is 0. The molecule has 0 radical (unpaired) electrons. The Kier molecular flexibility index (Phi) is 2.42. The lowest BCUT2D eigenvalue weighted by molar-refractivity contribution is -0.107. The van der Waals surface area contributed by atoms with Crippen molar-refractivity contribution in [1.82, 2.24) is 10.2 Å². The monoisotopic (exact) mass is 204 g/mol. The highest BCUT2D eigenvalue weighted by atomic mass is 16.4. The minimum absolute atomic E-state index is 0.0381.